The van der Waals surface area contributed by atoms with Gasteiger partial charge in [0.2, 0.25) is 5.91 Å². The van der Waals surface area contributed by atoms with Gasteiger partial charge in [0.25, 0.3) is 0 Å². The standard InChI is InChI=1S/C23H30N4O3/c1-26(2)20(19-10-6-7-11-21(19)30-3)14-24-23(29)25-15-22(28)27-13-12-17-8-4-5-9-18(17)16-27/h4-11,20H,12-16H2,1-3H3,(H2,24,25,29). The van der Waals surface area contributed by atoms with Gasteiger partial charge in [0, 0.05) is 25.2 Å². The number of benzene rings is 2. The maximum atomic E-state index is 12.5. The van der Waals surface area contributed by atoms with Gasteiger partial charge in [-0.05, 0) is 37.7 Å². The zero-order valence-corrected chi connectivity index (χ0v) is 17.9. The molecule has 0 aromatic heterocycles. The summed E-state index contributed by atoms with van der Waals surface area (Å²) >= 11 is 0. The lowest BCUT2D eigenvalue weighted by molar-refractivity contribution is -0.131. The number of ether oxygens (including phenoxy) is 1. The summed E-state index contributed by atoms with van der Waals surface area (Å²) in [5, 5.41) is 5.56. The second kappa shape index (κ2) is 10.1. The van der Waals surface area contributed by atoms with E-state index in [4.69, 9.17) is 4.74 Å². The fraction of sp³-hybridized carbons (Fsp3) is 0.391. The molecule has 2 aromatic rings. The van der Waals surface area contributed by atoms with Gasteiger partial charge in [-0.2, -0.15) is 0 Å². The largest absolute Gasteiger partial charge is 0.496 e. The van der Waals surface area contributed by atoms with Crippen molar-refractivity contribution in [3.05, 3.63) is 65.2 Å². The molecule has 0 saturated heterocycles. The first kappa shape index (κ1) is 21.6. The molecule has 0 radical (unpaired) electrons. The van der Waals surface area contributed by atoms with Crippen LogP contribution >= 0.6 is 0 Å². The second-order valence-electron chi connectivity index (χ2n) is 7.62. The van der Waals surface area contributed by atoms with Crippen LogP contribution in [-0.4, -0.2) is 62.6 Å². The minimum atomic E-state index is -0.359. The van der Waals surface area contributed by atoms with E-state index in [-0.39, 0.29) is 24.5 Å². The first-order valence-corrected chi connectivity index (χ1v) is 10.1. The number of rotatable bonds is 7. The van der Waals surface area contributed by atoms with E-state index in [2.05, 4.69) is 16.7 Å². The average molecular weight is 411 g/mol. The number of nitrogens with one attached hydrogen (secondary N) is 2. The van der Waals surface area contributed by atoms with E-state index in [0.29, 0.717) is 19.6 Å². The smallest absolute Gasteiger partial charge is 0.315 e. The molecule has 7 heteroatoms. The summed E-state index contributed by atoms with van der Waals surface area (Å²) in [7, 11) is 5.54. The summed E-state index contributed by atoms with van der Waals surface area (Å²) < 4.78 is 5.45. The summed E-state index contributed by atoms with van der Waals surface area (Å²) in [5.41, 5.74) is 3.46. The van der Waals surface area contributed by atoms with Crippen LogP contribution in [0, 0.1) is 0 Å². The van der Waals surface area contributed by atoms with E-state index in [9.17, 15) is 9.59 Å². The maximum absolute atomic E-state index is 12.5. The van der Waals surface area contributed by atoms with Crippen molar-refractivity contribution in [1.29, 1.82) is 0 Å². The van der Waals surface area contributed by atoms with Gasteiger partial charge in [-0.1, -0.05) is 42.5 Å². The number of fused-ring (bicyclic) bond motifs is 1. The average Bonchev–Trinajstić information content (AvgIpc) is 2.77. The molecule has 1 unspecified atom stereocenters. The summed E-state index contributed by atoms with van der Waals surface area (Å²) in [5.74, 6) is 0.701. The Morgan fingerprint density at radius 1 is 1.07 bits per heavy atom. The molecule has 0 bridgehead atoms. The number of hydrogen-bond acceptors (Lipinski definition) is 4. The summed E-state index contributed by atoms with van der Waals surface area (Å²) in [6.07, 6.45) is 0.845. The molecule has 160 valence electrons. The number of carbonyl (C=O) groups excluding carboxylic acids is 2. The van der Waals surface area contributed by atoms with Gasteiger partial charge in [-0.15, -0.1) is 0 Å². The predicted molar refractivity (Wildman–Crippen MR) is 116 cm³/mol. The zero-order valence-electron chi connectivity index (χ0n) is 17.9. The fourth-order valence-electron chi connectivity index (χ4n) is 3.74. The highest BCUT2D eigenvalue weighted by Crippen LogP contribution is 2.27. The van der Waals surface area contributed by atoms with Gasteiger partial charge in [0.05, 0.1) is 19.7 Å². The number of carbonyl (C=O) groups is 2. The number of likely N-dealkylation sites (N-methyl/N-ethyl adjacent to an activating group) is 1. The summed E-state index contributed by atoms with van der Waals surface area (Å²) in [6.45, 7) is 1.64. The van der Waals surface area contributed by atoms with Crippen LogP contribution in [-0.2, 0) is 17.8 Å². The Hall–Kier alpha value is -3.06. The third-order valence-corrected chi connectivity index (χ3v) is 5.46. The van der Waals surface area contributed by atoms with Gasteiger partial charge in [-0.25, -0.2) is 4.79 Å². The second-order valence-corrected chi connectivity index (χ2v) is 7.62. The third kappa shape index (κ3) is 5.30. The van der Waals surface area contributed by atoms with E-state index >= 15 is 0 Å². The van der Waals surface area contributed by atoms with Crippen LogP contribution in [0.5, 0.6) is 5.75 Å². The lowest BCUT2D eigenvalue weighted by atomic mass is 10.00. The molecular formula is C23H30N4O3. The Bertz CT molecular complexity index is 884. The molecule has 0 saturated carbocycles. The van der Waals surface area contributed by atoms with Crippen LogP contribution in [0.4, 0.5) is 4.79 Å². The number of amides is 3. The molecular weight excluding hydrogens is 380 g/mol. The number of hydrogen-bond donors (Lipinski definition) is 2. The normalized spacial score (nSPS) is 14.1. The molecule has 1 aliphatic heterocycles. The minimum absolute atomic E-state index is 0.0186. The quantitative estimate of drug-likeness (QED) is 0.734. The van der Waals surface area contributed by atoms with Crippen LogP contribution in [0.25, 0.3) is 0 Å². The molecule has 1 heterocycles. The Labute approximate surface area is 178 Å². The van der Waals surface area contributed by atoms with Crippen LogP contribution in [0.3, 0.4) is 0 Å². The Kier molecular flexibility index (Phi) is 7.30. The van der Waals surface area contributed by atoms with E-state index in [1.54, 1.807) is 12.0 Å². The molecule has 3 amide bonds. The van der Waals surface area contributed by atoms with Gasteiger partial charge in [0.15, 0.2) is 0 Å². The molecule has 0 spiro atoms. The highest BCUT2D eigenvalue weighted by Gasteiger charge is 2.22. The van der Waals surface area contributed by atoms with Gasteiger partial charge < -0.3 is 25.2 Å². The number of para-hydroxylation sites is 1. The van der Waals surface area contributed by atoms with Crippen LogP contribution in [0.15, 0.2) is 48.5 Å². The van der Waals surface area contributed by atoms with Crippen molar-refractivity contribution in [2.24, 2.45) is 0 Å². The number of nitrogens with zero attached hydrogens (tertiary/aromatic N) is 2. The molecule has 3 rings (SSSR count). The van der Waals surface area contributed by atoms with Crippen molar-refractivity contribution in [1.82, 2.24) is 20.4 Å². The van der Waals surface area contributed by atoms with Crippen molar-refractivity contribution in [3.63, 3.8) is 0 Å². The lowest BCUT2D eigenvalue weighted by Crippen LogP contribution is -2.46. The highest BCUT2D eigenvalue weighted by molar-refractivity contribution is 5.84. The Morgan fingerprint density at radius 3 is 2.50 bits per heavy atom. The van der Waals surface area contributed by atoms with E-state index in [1.807, 2.05) is 61.5 Å². The Morgan fingerprint density at radius 2 is 1.77 bits per heavy atom. The van der Waals surface area contributed by atoms with Crippen molar-refractivity contribution in [2.45, 2.75) is 19.0 Å². The lowest BCUT2D eigenvalue weighted by Gasteiger charge is -2.29. The summed E-state index contributed by atoms with van der Waals surface area (Å²) in [4.78, 5) is 28.6. The molecule has 0 aliphatic carbocycles. The number of urea groups is 1. The monoisotopic (exact) mass is 410 g/mol. The van der Waals surface area contributed by atoms with Gasteiger partial charge >= 0.3 is 6.03 Å². The van der Waals surface area contributed by atoms with E-state index in [1.165, 1.54) is 11.1 Å². The first-order valence-electron chi connectivity index (χ1n) is 10.1. The predicted octanol–water partition coefficient (Wildman–Crippen LogP) is 2.18. The van der Waals surface area contributed by atoms with Crippen LogP contribution in [0.2, 0.25) is 0 Å². The number of methoxy groups -OCH3 is 1. The SMILES string of the molecule is COc1ccccc1C(CNC(=O)NCC(=O)N1CCc2ccccc2C1)N(C)C. The van der Waals surface area contributed by atoms with Crippen molar-refractivity contribution in [3.8, 4) is 5.75 Å². The molecule has 0 fully saturated rings. The molecule has 7 nitrogen and oxygen atoms in total. The highest BCUT2D eigenvalue weighted by atomic mass is 16.5. The van der Waals surface area contributed by atoms with Gasteiger partial charge in [-0.3, -0.25) is 4.79 Å². The topological polar surface area (TPSA) is 73.9 Å². The molecule has 1 aliphatic rings. The molecule has 2 N–H and O–H groups in total. The molecule has 1 atom stereocenters. The van der Waals surface area contributed by atoms with Crippen molar-refractivity contribution >= 4 is 11.9 Å². The Balaban J connectivity index is 1.50. The zero-order chi connectivity index (χ0) is 21.5. The molecule has 2 aromatic carbocycles. The van der Waals surface area contributed by atoms with Gasteiger partial charge in [0.1, 0.15) is 5.75 Å². The third-order valence-electron chi connectivity index (χ3n) is 5.46. The van der Waals surface area contributed by atoms with Crippen molar-refractivity contribution < 1.29 is 14.3 Å². The van der Waals surface area contributed by atoms with Crippen LogP contribution < -0.4 is 15.4 Å². The maximum Gasteiger partial charge on any atom is 0.315 e. The summed E-state index contributed by atoms with van der Waals surface area (Å²) in [6, 6.07) is 15.5. The van der Waals surface area contributed by atoms with E-state index in [0.717, 1.165) is 17.7 Å². The van der Waals surface area contributed by atoms with Crippen molar-refractivity contribution in [2.75, 3.05) is 40.8 Å². The molecule has 30 heavy (non-hydrogen) atoms. The fourth-order valence-corrected chi connectivity index (χ4v) is 3.74. The first-order chi connectivity index (χ1) is 14.5. The van der Waals surface area contributed by atoms with E-state index < -0.39 is 0 Å². The minimum Gasteiger partial charge on any atom is -0.496 e. The van der Waals surface area contributed by atoms with Crippen LogP contribution in [0.1, 0.15) is 22.7 Å².